The van der Waals surface area contributed by atoms with Crippen molar-refractivity contribution in [3.05, 3.63) is 41.1 Å². The molecule has 0 aliphatic carbocycles. The summed E-state index contributed by atoms with van der Waals surface area (Å²) in [6.07, 6.45) is 1.16. The van der Waals surface area contributed by atoms with Gasteiger partial charge in [0.2, 0.25) is 5.88 Å². The van der Waals surface area contributed by atoms with Gasteiger partial charge in [0.25, 0.3) is 0 Å². The summed E-state index contributed by atoms with van der Waals surface area (Å²) < 4.78 is 25.2. The van der Waals surface area contributed by atoms with Gasteiger partial charge in [-0.05, 0) is 25.1 Å². The Morgan fingerprint density at radius 1 is 1.39 bits per heavy atom. The normalized spacial score (nSPS) is 16.1. The van der Waals surface area contributed by atoms with Gasteiger partial charge in [-0.25, -0.2) is 13.1 Å². The van der Waals surface area contributed by atoms with Gasteiger partial charge in [0.15, 0.2) is 21.4 Å². The van der Waals surface area contributed by atoms with Crippen LogP contribution >= 0.6 is 0 Å². The summed E-state index contributed by atoms with van der Waals surface area (Å²) in [5.74, 6) is -1.29. The molecule has 2 aromatic rings. The lowest BCUT2D eigenvalue weighted by Crippen LogP contribution is -2.22. The van der Waals surface area contributed by atoms with E-state index in [1.54, 1.807) is 6.92 Å². The fraction of sp³-hybridized carbons (Fsp3) is 0.267. The first kappa shape index (κ1) is 15.4. The van der Waals surface area contributed by atoms with Crippen molar-refractivity contribution in [2.75, 3.05) is 5.75 Å². The molecule has 0 fully saturated rings. The Labute approximate surface area is 132 Å². The van der Waals surface area contributed by atoms with Crippen molar-refractivity contribution in [1.82, 2.24) is 9.78 Å². The minimum absolute atomic E-state index is 0.0120. The number of carbonyl (C=O) groups is 2. The van der Waals surface area contributed by atoms with E-state index in [-0.39, 0.29) is 45.4 Å². The first-order valence-corrected chi connectivity index (χ1v) is 8.70. The third-order valence-electron chi connectivity index (χ3n) is 3.83. The second-order valence-electron chi connectivity index (χ2n) is 5.23. The van der Waals surface area contributed by atoms with Gasteiger partial charge in [0.05, 0.1) is 16.8 Å². The van der Waals surface area contributed by atoms with Gasteiger partial charge >= 0.3 is 0 Å². The fourth-order valence-corrected chi connectivity index (χ4v) is 4.02. The Morgan fingerprint density at radius 3 is 2.78 bits per heavy atom. The van der Waals surface area contributed by atoms with Crippen LogP contribution in [-0.4, -0.2) is 40.6 Å². The minimum atomic E-state index is -3.49. The first-order chi connectivity index (χ1) is 10.8. The SMILES string of the molecule is CCn1ncc(C(=O)c2ccc3c(c2)C(=O)CCS3(=O)=O)c1O. The van der Waals surface area contributed by atoms with Crippen LogP contribution in [0.15, 0.2) is 29.3 Å². The number of aromatic nitrogens is 2. The van der Waals surface area contributed by atoms with Crippen molar-refractivity contribution in [1.29, 1.82) is 0 Å². The molecule has 1 aliphatic heterocycles. The summed E-state index contributed by atoms with van der Waals surface area (Å²) in [6, 6.07) is 3.90. The van der Waals surface area contributed by atoms with Crippen molar-refractivity contribution in [3.63, 3.8) is 0 Å². The molecular weight excluding hydrogens is 320 g/mol. The maximum absolute atomic E-state index is 12.5. The van der Waals surface area contributed by atoms with Crippen LogP contribution in [0.25, 0.3) is 0 Å². The molecule has 0 radical (unpaired) electrons. The van der Waals surface area contributed by atoms with E-state index in [4.69, 9.17) is 0 Å². The molecule has 23 heavy (non-hydrogen) atoms. The molecule has 1 aliphatic rings. The van der Waals surface area contributed by atoms with Gasteiger partial charge in [-0.15, -0.1) is 0 Å². The molecule has 1 aromatic heterocycles. The summed E-state index contributed by atoms with van der Waals surface area (Å²) in [7, 11) is -3.49. The number of hydrogen-bond donors (Lipinski definition) is 1. The van der Waals surface area contributed by atoms with Gasteiger partial charge < -0.3 is 5.11 Å². The van der Waals surface area contributed by atoms with Crippen molar-refractivity contribution >= 4 is 21.4 Å². The van der Waals surface area contributed by atoms with Crippen LogP contribution in [-0.2, 0) is 16.4 Å². The number of benzene rings is 1. The monoisotopic (exact) mass is 334 g/mol. The number of aryl methyl sites for hydroxylation is 1. The predicted octanol–water partition coefficient (Wildman–Crippen LogP) is 1.20. The molecule has 2 heterocycles. The van der Waals surface area contributed by atoms with Crippen LogP contribution in [0.2, 0.25) is 0 Å². The number of nitrogens with zero attached hydrogens (tertiary/aromatic N) is 2. The summed E-state index contributed by atoms with van der Waals surface area (Å²) in [5, 5.41) is 13.8. The van der Waals surface area contributed by atoms with Crippen molar-refractivity contribution in [3.8, 4) is 5.88 Å². The molecule has 3 rings (SSSR count). The van der Waals surface area contributed by atoms with Gasteiger partial charge in [0.1, 0.15) is 5.56 Å². The highest BCUT2D eigenvalue weighted by atomic mass is 32.2. The number of aromatic hydroxyl groups is 1. The zero-order valence-electron chi connectivity index (χ0n) is 12.3. The second-order valence-corrected chi connectivity index (χ2v) is 7.31. The van der Waals surface area contributed by atoms with Crippen molar-refractivity contribution in [2.45, 2.75) is 24.8 Å². The third kappa shape index (κ3) is 2.44. The summed E-state index contributed by atoms with van der Waals surface area (Å²) >= 11 is 0. The lowest BCUT2D eigenvalue weighted by Gasteiger charge is -2.15. The zero-order valence-corrected chi connectivity index (χ0v) is 13.1. The lowest BCUT2D eigenvalue weighted by molar-refractivity contribution is 0.0983. The average Bonchev–Trinajstić information content (AvgIpc) is 2.91. The third-order valence-corrected chi connectivity index (χ3v) is 5.60. The van der Waals surface area contributed by atoms with Crippen molar-refractivity contribution in [2.24, 2.45) is 0 Å². The Bertz CT molecular complexity index is 927. The molecule has 1 aromatic carbocycles. The maximum Gasteiger partial charge on any atom is 0.220 e. The summed E-state index contributed by atoms with van der Waals surface area (Å²) in [5.41, 5.74) is 0.183. The highest BCUT2D eigenvalue weighted by Gasteiger charge is 2.30. The minimum Gasteiger partial charge on any atom is -0.493 e. The molecule has 120 valence electrons. The fourth-order valence-electron chi connectivity index (χ4n) is 2.56. The number of Topliss-reactive ketones (excluding diaryl/α,β-unsaturated/α-hetero) is 1. The molecule has 0 saturated heterocycles. The highest BCUT2D eigenvalue weighted by Crippen LogP contribution is 2.28. The Morgan fingerprint density at radius 2 is 2.13 bits per heavy atom. The molecule has 0 atom stereocenters. The summed E-state index contributed by atoms with van der Waals surface area (Å²) in [4.78, 5) is 24.4. The van der Waals surface area contributed by atoms with Gasteiger partial charge in [0, 0.05) is 24.1 Å². The van der Waals surface area contributed by atoms with E-state index in [0.29, 0.717) is 6.54 Å². The number of carbonyl (C=O) groups excluding carboxylic acids is 2. The predicted molar refractivity (Wildman–Crippen MR) is 80.4 cm³/mol. The molecule has 0 bridgehead atoms. The second kappa shape index (κ2) is 5.31. The molecule has 1 N–H and O–H groups in total. The van der Waals surface area contributed by atoms with Gasteiger partial charge in [-0.2, -0.15) is 5.10 Å². The number of hydrogen-bond acceptors (Lipinski definition) is 6. The van der Waals surface area contributed by atoms with E-state index < -0.39 is 15.6 Å². The van der Waals surface area contributed by atoms with E-state index in [1.807, 2.05) is 0 Å². The van der Waals surface area contributed by atoms with E-state index >= 15 is 0 Å². The number of sulfone groups is 1. The van der Waals surface area contributed by atoms with Crippen LogP contribution in [0, 0.1) is 0 Å². The van der Waals surface area contributed by atoms with E-state index in [1.165, 1.54) is 29.1 Å². The van der Waals surface area contributed by atoms with E-state index in [2.05, 4.69) is 5.10 Å². The molecule has 8 heteroatoms. The van der Waals surface area contributed by atoms with Crippen LogP contribution in [0.3, 0.4) is 0 Å². The number of rotatable bonds is 3. The Hall–Kier alpha value is -2.48. The molecule has 0 unspecified atom stereocenters. The van der Waals surface area contributed by atoms with Crippen LogP contribution in [0.4, 0.5) is 0 Å². The Balaban J connectivity index is 2.08. The van der Waals surface area contributed by atoms with Gasteiger partial charge in [-0.3, -0.25) is 9.59 Å². The lowest BCUT2D eigenvalue weighted by atomic mass is 10.0. The molecule has 0 amide bonds. The highest BCUT2D eigenvalue weighted by molar-refractivity contribution is 7.91. The zero-order chi connectivity index (χ0) is 16.8. The standard InChI is InChI=1S/C15H14N2O5S/c1-2-17-15(20)11(8-16-17)14(19)9-3-4-13-10(7-9)12(18)5-6-23(13,21)22/h3-4,7-8,20H,2,5-6H2,1H3. The topological polar surface area (TPSA) is 106 Å². The van der Waals surface area contributed by atoms with Crippen LogP contribution < -0.4 is 0 Å². The van der Waals surface area contributed by atoms with Crippen LogP contribution in [0.5, 0.6) is 5.88 Å². The van der Waals surface area contributed by atoms with Crippen LogP contribution in [0.1, 0.15) is 39.6 Å². The molecular formula is C15H14N2O5S. The van der Waals surface area contributed by atoms with Gasteiger partial charge in [-0.1, -0.05) is 0 Å². The number of ketones is 2. The summed E-state index contributed by atoms with van der Waals surface area (Å²) in [6.45, 7) is 2.17. The Kier molecular flexibility index (Phi) is 3.56. The quantitative estimate of drug-likeness (QED) is 0.845. The van der Waals surface area contributed by atoms with E-state index in [9.17, 15) is 23.1 Å². The molecule has 7 nitrogen and oxygen atoms in total. The first-order valence-electron chi connectivity index (χ1n) is 7.04. The van der Waals surface area contributed by atoms with Crippen molar-refractivity contribution < 1.29 is 23.1 Å². The maximum atomic E-state index is 12.5. The largest absolute Gasteiger partial charge is 0.493 e. The number of fused-ring (bicyclic) bond motifs is 1. The van der Waals surface area contributed by atoms with E-state index in [0.717, 1.165) is 0 Å². The molecule has 0 spiro atoms. The average molecular weight is 334 g/mol. The molecule has 0 saturated carbocycles. The smallest absolute Gasteiger partial charge is 0.220 e.